The molecule has 0 radical (unpaired) electrons. The van der Waals surface area contributed by atoms with Gasteiger partial charge in [-0.25, -0.2) is 15.0 Å². The Morgan fingerprint density at radius 2 is 1.25 bits per heavy atom. The predicted octanol–water partition coefficient (Wildman–Crippen LogP) is 10.7. The summed E-state index contributed by atoms with van der Waals surface area (Å²) in [6.45, 7) is 0. The lowest BCUT2D eigenvalue weighted by atomic mass is 9.76. The fraction of sp³-hybridized carbons (Fsp3) is 0.0222. The molecule has 0 saturated heterocycles. The maximum absolute atomic E-state index is 10.0. The molecule has 0 bridgehead atoms. The molecular weight excluding hydrogens is 661 g/mol. The van der Waals surface area contributed by atoms with Crippen molar-refractivity contribution in [3.05, 3.63) is 179 Å². The molecule has 2 aromatic heterocycles. The Morgan fingerprint density at radius 3 is 2.00 bits per heavy atom. The van der Waals surface area contributed by atoms with Crippen LogP contribution in [0.3, 0.4) is 0 Å². The van der Waals surface area contributed by atoms with Crippen molar-refractivity contribution in [1.82, 2.24) is 15.0 Å². The summed E-state index contributed by atoms with van der Waals surface area (Å²) < 4.78 is 13.9. The number of aromatic nitrogens is 3. The van der Waals surface area contributed by atoms with Gasteiger partial charge in [0, 0.05) is 27.6 Å². The van der Waals surface area contributed by atoms with E-state index >= 15 is 0 Å². The first-order valence-electron chi connectivity index (χ1n) is 17.0. The number of rotatable bonds is 3. The third-order valence-electron chi connectivity index (χ3n) is 10.2. The quantitative estimate of drug-likeness (QED) is 0.183. The van der Waals surface area contributed by atoms with Crippen molar-refractivity contribution in [2.75, 3.05) is 0 Å². The molecular formula is C45H24N4O2S. The van der Waals surface area contributed by atoms with E-state index in [1.54, 1.807) is 11.8 Å². The highest BCUT2D eigenvalue weighted by Gasteiger charge is 2.59. The maximum atomic E-state index is 10.0. The van der Waals surface area contributed by atoms with Crippen molar-refractivity contribution in [2.45, 2.75) is 10.3 Å². The van der Waals surface area contributed by atoms with E-state index in [4.69, 9.17) is 24.1 Å². The molecule has 52 heavy (non-hydrogen) atoms. The zero-order chi connectivity index (χ0) is 34.4. The second kappa shape index (κ2) is 10.9. The van der Waals surface area contributed by atoms with Crippen LogP contribution in [-0.2, 0) is 5.41 Å². The van der Waals surface area contributed by atoms with Crippen LogP contribution in [0.4, 0.5) is 0 Å². The fourth-order valence-electron chi connectivity index (χ4n) is 7.99. The van der Waals surface area contributed by atoms with E-state index in [-0.39, 0.29) is 0 Å². The van der Waals surface area contributed by atoms with Crippen LogP contribution in [0.1, 0.15) is 28.0 Å². The van der Waals surface area contributed by atoms with Gasteiger partial charge in [-0.15, -0.1) is 0 Å². The number of hydrogen-bond acceptors (Lipinski definition) is 7. The van der Waals surface area contributed by atoms with Crippen LogP contribution >= 0.6 is 11.8 Å². The zero-order valence-electron chi connectivity index (χ0n) is 27.4. The standard InChI is InChI=1S/C45H24N4O2S/c46-25-29-16-11-21-36-38(29)52-39-37-31-18-8-10-20-35(31)50-40(37)45(41(39)51-36)33-19-9-7-17-30(33)32-24-28(22-23-34(32)45)44-48-42(26-12-3-1-4-13-26)47-43(49-44)27-14-5-2-6-15-27/h1-24H. The Bertz CT molecular complexity index is 2820. The molecule has 0 saturated carbocycles. The molecule has 1 aliphatic heterocycles. The van der Waals surface area contributed by atoms with Crippen LogP contribution in [0.25, 0.3) is 61.2 Å². The monoisotopic (exact) mass is 684 g/mol. The molecule has 11 rings (SSSR count). The van der Waals surface area contributed by atoms with Gasteiger partial charge in [0.1, 0.15) is 34.3 Å². The molecule has 3 heterocycles. The summed E-state index contributed by atoms with van der Waals surface area (Å²) in [6.07, 6.45) is 0. The van der Waals surface area contributed by atoms with Crippen LogP contribution in [0.5, 0.6) is 5.75 Å². The smallest absolute Gasteiger partial charge is 0.164 e. The van der Waals surface area contributed by atoms with Crippen LogP contribution < -0.4 is 4.74 Å². The summed E-state index contributed by atoms with van der Waals surface area (Å²) in [5.41, 5.74) is 8.56. The number of hydrogen-bond donors (Lipinski definition) is 0. The van der Waals surface area contributed by atoms with Gasteiger partial charge in [-0.05, 0) is 46.5 Å². The van der Waals surface area contributed by atoms with Gasteiger partial charge in [0.05, 0.1) is 15.4 Å². The first kappa shape index (κ1) is 29.0. The number of thioether (sulfide) groups is 1. The molecule has 2 aliphatic carbocycles. The van der Waals surface area contributed by atoms with Gasteiger partial charge in [-0.2, -0.15) is 5.26 Å². The molecule has 1 unspecified atom stereocenters. The van der Waals surface area contributed by atoms with Gasteiger partial charge in [0.25, 0.3) is 0 Å². The normalized spacial score (nSPS) is 16.1. The minimum Gasteiger partial charge on any atom is -0.459 e. The highest BCUT2D eigenvalue weighted by atomic mass is 32.2. The summed E-state index contributed by atoms with van der Waals surface area (Å²) in [7, 11) is 0. The second-order valence-corrected chi connectivity index (χ2v) is 14.0. The van der Waals surface area contributed by atoms with Crippen molar-refractivity contribution in [3.8, 4) is 57.1 Å². The highest BCUT2D eigenvalue weighted by molar-refractivity contribution is 8.08. The summed E-state index contributed by atoms with van der Waals surface area (Å²) >= 11 is 1.60. The van der Waals surface area contributed by atoms with E-state index in [2.05, 4.69) is 54.6 Å². The van der Waals surface area contributed by atoms with Gasteiger partial charge in [0.2, 0.25) is 0 Å². The van der Waals surface area contributed by atoms with Gasteiger partial charge in [0.15, 0.2) is 17.5 Å². The number of nitriles is 1. The van der Waals surface area contributed by atoms with Gasteiger partial charge < -0.3 is 9.15 Å². The Kier molecular flexibility index (Phi) is 6.07. The molecule has 242 valence electrons. The second-order valence-electron chi connectivity index (χ2n) is 13.0. The van der Waals surface area contributed by atoms with Crippen molar-refractivity contribution in [2.24, 2.45) is 0 Å². The molecule has 7 heteroatoms. The van der Waals surface area contributed by atoms with E-state index in [1.807, 2.05) is 97.1 Å². The first-order valence-corrected chi connectivity index (χ1v) is 17.8. The molecule has 6 nitrogen and oxygen atoms in total. The van der Waals surface area contributed by atoms with E-state index in [1.165, 1.54) is 0 Å². The number of nitrogens with zero attached hydrogens (tertiary/aromatic N) is 4. The van der Waals surface area contributed by atoms with Crippen molar-refractivity contribution in [1.29, 1.82) is 5.26 Å². The number of fused-ring (bicyclic) bond motifs is 12. The molecule has 0 amide bonds. The first-order chi connectivity index (χ1) is 25.7. The molecule has 3 aliphatic rings. The fourth-order valence-corrected chi connectivity index (χ4v) is 9.22. The number of ether oxygens (including phenoxy) is 1. The molecule has 8 aromatic rings. The minimum atomic E-state index is -0.856. The van der Waals surface area contributed by atoms with Gasteiger partial charge in [-0.1, -0.05) is 133 Å². The Labute approximate surface area is 302 Å². The lowest BCUT2D eigenvalue weighted by molar-refractivity contribution is 0.343. The van der Waals surface area contributed by atoms with Crippen LogP contribution in [0.2, 0.25) is 0 Å². The van der Waals surface area contributed by atoms with Crippen molar-refractivity contribution < 1.29 is 9.15 Å². The Morgan fingerprint density at radius 1 is 0.596 bits per heavy atom. The van der Waals surface area contributed by atoms with Crippen molar-refractivity contribution >= 4 is 27.6 Å². The average Bonchev–Trinajstić information content (AvgIpc) is 3.83. The van der Waals surface area contributed by atoms with Crippen LogP contribution in [0, 0.1) is 11.3 Å². The van der Waals surface area contributed by atoms with Crippen molar-refractivity contribution in [3.63, 3.8) is 0 Å². The van der Waals surface area contributed by atoms with Gasteiger partial charge >= 0.3 is 0 Å². The Hall–Kier alpha value is -6.75. The number of furan rings is 1. The molecule has 1 atom stereocenters. The van der Waals surface area contributed by atoms with Crippen LogP contribution in [-0.4, -0.2) is 15.0 Å². The molecule has 0 N–H and O–H groups in total. The summed E-state index contributed by atoms with van der Waals surface area (Å²) in [4.78, 5) is 16.8. The summed E-state index contributed by atoms with van der Waals surface area (Å²) in [5, 5.41) is 11.1. The predicted molar refractivity (Wildman–Crippen MR) is 202 cm³/mol. The molecule has 1 spiro atoms. The number of benzene rings is 6. The van der Waals surface area contributed by atoms with E-state index in [0.717, 1.165) is 76.8 Å². The molecule has 6 aromatic carbocycles. The zero-order valence-corrected chi connectivity index (χ0v) is 28.2. The lowest BCUT2D eigenvalue weighted by Crippen LogP contribution is -2.30. The van der Waals surface area contributed by atoms with E-state index in [0.29, 0.717) is 28.8 Å². The lowest BCUT2D eigenvalue weighted by Gasteiger charge is -2.32. The Balaban J connectivity index is 1.16. The van der Waals surface area contributed by atoms with E-state index in [9.17, 15) is 5.26 Å². The SMILES string of the molecule is N#Cc1cccc2c1SC1=C(O2)C2(c3ccccc3-c3cc(-c4nc(-c5ccccc5)nc(-c5ccccc5)n4)ccc32)c2oc3ccccc3c21. The average molecular weight is 685 g/mol. The van der Waals surface area contributed by atoms with Gasteiger partial charge in [-0.3, -0.25) is 0 Å². The molecule has 0 fully saturated rings. The third-order valence-corrected chi connectivity index (χ3v) is 11.4. The summed E-state index contributed by atoms with van der Waals surface area (Å²) in [6, 6.07) is 51.2. The highest BCUT2D eigenvalue weighted by Crippen LogP contribution is 2.68. The van der Waals surface area contributed by atoms with Crippen LogP contribution in [0.15, 0.2) is 161 Å². The third kappa shape index (κ3) is 3.92. The number of allylic oxidation sites excluding steroid dienone is 1. The minimum absolute atomic E-state index is 0.586. The maximum Gasteiger partial charge on any atom is 0.164 e. The van der Waals surface area contributed by atoms with E-state index < -0.39 is 5.41 Å². The largest absolute Gasteiger partial charge is 0.459 e. The summed E-state index contributed by atoms with van der Waals surface area (Å²) in [5.74, 6) is 4.12. The topological polar surface area (TPSA) is 84.8 Å². The number of para-hydroxylation sites is 1.